The zero-order valence-electron chi connectivity index (χ0n) is 16.9. The van der Waals surface area contributed by atoms with E-state index in [0.29, 0.717) is 27.6 Å². The molecule has 9 heteroatoms. The van der Waals surface area contributed by atoms with Gasteiger partial charge in [-0.15, -0.1) is 0 Å². The molecule has 3 aromatic carbocycles. The van der Waals surface area contributed by atoms with Gasteiger partial charge in [0.1, 0.15) is 11.5 Å². The molecule has 0 spiro atoms. The van der Waals surface area contributed by atoms with E-state index >= 15 is 0 Å². The van der Waals surface area contributed by atoms with Gasteiger partial charge in [-0.1, -0.05) is 23.7 Å². The zero-order valence-corrected chi connectivity index (χ0v) is 17.6. The number of ether oxygens (including phenoxy) is 2. The Morgan fingerprint density at radius 3 is 2.31 bits per heavy atom. The molecular formula is C23H18ClN3O5. The van der Waals surface area contributed by atoms with E-state index < -0.39 is 17.8 Å². The topological polar surface area (TPSA) is 106 Å². The molecule has 0 radical (unpaired) electrons. The van der Waals surface area contributed by atoms with Crippen LogP contribution in [-0.2, 0) is 9.59 Å². The zero-order chi connectivity index (χ0) is 22.9. The normalized spacial score (nSPS) is 10.4. The number of hydrogen-bond donors (Lipinski definition) is 2. The van der Waals surface area contributed by atoms with E-state index in [-0.39, 0.29) is 5.75 Å². The highest BCUT2D eigenvalue weighted by Crippen LogP contribution is 2.16. The van der Waals surface area contributed by atoms with Crippen molar-refractivity contribution in [1.82, 2.24) is 5.43 Å². The van der Waals surface area contributed by atoms with Crippen LogP contribution in [0.5, 0.6) is 11.5 Å². The molecule has 2 amide bonds. The first-order valence-electron chi connectivity index (χ1n) is 9.31. The van der Waals surface area contributed by atoms with Crippen LogP contribution in [0.25, 0.3) is 0 Å². The van der Waals surface area contributed by atoms with E-state index in [1.165, 1.54) is 13.3 Å². The third-order valence-electron chi connectivity index (χ3n) is 4.08. The molecule has 0 aromatic heterocycles. The quantitative estimate of drug-likeness (QED) is 0.195. The van der Waals surface area contributed by atoms with Gasteiger partial charge in [-0.05, 0) is 66.2 Å². The monoisotopic (exact) mass is 451 g/mol. The van der Waals surface area contributed by atoms with E-state index in [9.17, 15) is 14.4 Å². The van der Waals surface area contributed by atoms with Gasteiger partial charge in [-0.2, -0.15) is 5.10 Å². The van der Waals surface area contributed by atoms with Crippen LogP contribution in [0.3, 0.4) is 0 Å². The van der Waals surface area contributed by atoms with Crippen molar-refractivity contribution in [2.45, 2.75) is 0 Å². The first-order valence-corrected chi connectivity index (χ1v) is 9.68. The highest BCUT2D eigenvalue weighted by Gasteiger charge is 2.13. The lowest BCUT2D eigenvalue weighted by Gasteiger charge is -2.06. The van der Waals surface area contributed by atoms with Crippen LogP contribution in [0.1, 0.15) is 15.9 Å². The highest BCUT2D eigenvalue weighted by atomic mass is 35.5. The molecule has 0 aliphatic rings. The second-order valence-corrected chi connectivity index (χ2v) is 6.79. The summed E-state index contributed by atoms with van der Waals surface area (Å²) in [7, 11) is 1.53. The van der Waals surface area contributed by atoms with Gasteiger partial charge < -0.3 is 14.8 Å². The summed E-state index contributed by atoms with van der Waals surface area (Å²) in [5.74, 6) is -1.45. The third-order valence-corrected chi connectivity index (χ3v) is 4.33. The highest BCUT2D eigenvalue weighted by molar-refractivity contribution is 6.39. The number of carbonyl (C=O) groups is 3. The number of hydrazone groups is 1. The molecule has 0 aliphatic heterocycles. The maximum absolute atomic E-state index is 12.2. The van der Waals surface area contributed by atoms with Crippen molar-refractivity contribution in [3.05, 3.63) is 88.9 Å². The summed E-state index contributed by atoms with van der Waals surface area (Å²) in [6.07, 6.45) is 1.32. The molecular weight excluding hydrogens is 434 g/mol. The lowest BCUT2D eigenvalue weighted by atomic mass is 10.2. The summed E-state index contributed by atoms with van der Waals surface area (Å²) in [5, 5.41) is 6.72. The number of methoxy groups -OCH3 is 1. The number of nitrogens with zero attached hydrogens (tertiary/aromatic N) is 1. The van der Waals surface area contributed by atoms with Gasteiger partial charge >= 0.3 is 17.8 Å². The van der Waals surface area contributed by atoms with Crippen molar-refractivity contribution in [2.24, 2.45) is 5.10 Å². The number of anilines is 1. The van der Waals surface area contributed by atoms with Gasteiger partial charge in [-0.25, -0.2) is 10.2 Å². The molecule has 2 N–H and O–H groups in total. The largest absolute Gasteiger partial charge is 0.497 e. The lowest BCUT2D eigenvalue weighted by Crippen LogP contribution is -2.32. The van der Waals surface area contributed by atoms with Crippen LogP contribution in [0.2, 0.25) is 5.02 Å². The number of carbonyl (C=O) groups excluding carboxylic acids is 3. The summed E-state index contributed by atoms with van der Waals surface area (Å²) in [5.41, 5.74) is 3.47. The Labute approximate surface area is 188 Å². The average molecular weight is 452 g/mol. The number of benzene rings is 3. The van der Waals surface area contributed by atoms with Crippen LogP contribution < -0.4 is 20.2 Å². The number of halogens is 1. The molecule has 0 heterocycles. The van der Waals surface area contributed by atoms with Gasteiger partial charge in [0.25, 0.3) is 0 Å². The lowest BCUT2D eigenvalue weighted by molar-refractivity contribution is -0.136. The number of hydrogen-bond acceptors (Lipinski definition) is 6. The molecule has 0 unspecified atom stereocenters. The summed E-state index contributed by atoms with van der Waals surface area (Å²) < 4.78 is 10.4. The van der Waals surface area contributed by atoms with E-state index in [0.717, 1.165) is 0 Å². The minimum atomic E-state index is -0.942. The summed E-state index contributed by atoms with van der Waals surface area (Å²) in [6.45, 7) is 0. The van der Waals surface area contributed by atoms with Crippen LogP contribution in [0.15, 0.2) is 77.9 Å². The van der Waals surface area contributed by atoms with Crippen LogP contribution >= 0.6 is 11.6 Å². The molecule has 3 rings (SSSR count). The summed E-state index contributed by atoms with van der Waals surface area (Å²) >= 11 is 5.81. The van der Waals surface area contributed by atoms with Crippen molar-refractivity contribution in [3.63, 3.8) is 0 Å². The Bertz CT molecular complexity index is 1150. The Balaban J connectivity index is 1.54. The minimum absolute atomic E-state index is 0.289. The fourth-order valence-corrected chi connectivity index (χ4v) is 2.61. The smallest absolute Gasteiger partial charge is 0.343 e. The molecule has 3 aromatic rings. The second kappa shape index (κ2) is 10.7. The van der Waals surface area contributed by atoms with Gasteiger partial charge in [-0.3, -0.25) is 9.59 Å². The maximum atomic E-state index is 12.2. The molecule has 0 fully saturated rings. The fraction of sp³-hybridized carbons (Fsp3) is 0.0435. The Morgan fingerprint density at radius 1 is 0.906 bits per heavy atom. The van der Waals surface area contributed by atoms with Crippen LogP contribution in [0.4, 0.5) is 5.69 Å². The van der Waals surface area contributed by atoms with Crippen LogP contribution in [-0.4, -0.2) is 31.1 Å². The van der Waals surface area contributed by atoms with Crippen molar-refractivity contribution in [2.75, 3.05) is 12.4 Å². The Kier molecular flexibility index (Phi) is 7.55. The molecule has 0 saturated carbocycles. The van der Waals surface area contributed by atoms with Gasteiger partial charge in [0, 0.05) is 10.7 Å². The molecule has 0 aliphatic carbocycles. The third kappa shape index (κ3) is 6.41. The van der Waals surface area contributed by atoms with Crippen molar-refractivity contribution in [1.29, 1.82) is 0 Å². The summed E-state index contributed by atoms with van der Waals surface area (Å²) in [6, 6.07) is 19.3. The number of rotatable bonds is 6. The van der Waals surface area contributed by atoms with E-state index in [1.54, 1.807) is 72.8 Å². The van der Waals surface area contributed by atoms with Gasteiger partial charge in [0.15, 0.2) is 0 Å². The molecule has 0 atom stereocenters. The minimum Gasteiger partial charge on any atom is -0.497 e. The number of amides is 2. The predicted molar refractivity (Wildman–Crippen MR) is 120 cm³/mol. The second-order valence-electron chi connectivity index (χ2n) is 6.35. The van der Waals surface area contributed by atoms with E-state index in [4.69, 9.17) is 21.1 Å². The van der Waals surface area contributed by atoms with Gasteiger partial charge in [0.2, 0.25) is 0 Å². The first kappa shape index (κ1) is 22.5. The molecule has 8 nitrogen and oxygen atoms in total. The molecule has 32 heavy (non-hydrogen) atoms. The number of esters is 1. The SMILES string of the molecule is COc1ccc(NC(=O)C(=O)N/N=C\c2cccc(OC(=O)c3ccc(Cl)cc3)c2)cc1. The molecule has 162 valence electrons. The van der Waals surface area contributed by atoms with Crippen LogP contribution in [0, 0.1) is 0 Å². The molecule has 0 saturated heterocycles. The maximum Gasteiger partial charge on any atom is 0.343 e. The van der Waals surface area contributed by atoms with Crippen molar-refractivity contribution in [3.8, 4) is 11.5 Å². The van der Waals surface area contributed by atoms with E-state index in [2.05, 4.69) is 15.8 Å². The number of nitrogens with one attached hydrogen (secondary N) is 2. The van der Waals surface area contributed by atoms with Gasteiger partial charge in [0.05, 0.1) is 18.9 Å². The van der Waals surface area contributed by atoms with E-state index in [1.807, 2.05) is 0 Å². The summed E-state index contributed by atoms with van der Waals surface area (Å²) in [4.78, 5) is 36.1. The first-order chi connectivity index (χ1) is 15.4. The Hall–Kier alpha value is -4.17. The Morgan fingerprint density at radius 2 is 1.62 bits per heavy atom. The predicted octanol–water partition coefficient (Wildman–Crippen LogP) is 3.66. The van der Waals surface area contributed by atoms with Crippen molar-refractivity contribution >= 4 is 41.3 Å². The average Bonchev–Trinajstić information content (AvgIpc) is 2.80. The standard InChI is InChI=1S/C23H18ClN3O5/c1-31-19-11-9-18(10-12-19)26-21(28)22(29)27-25-14-15-3-2-4-20(13-15)32-23(30)16-5-7-17(24)8-6-16/h2-14H,1H3,(H,26,28)(H,27,29)/b25-14-. The van der Waals surface area contributed by atoms with Crippen molar-refractivity contribution < 1.29 is 23.9 Å². The molecule has 0 bridgehead atoms. The fourth-order valence-electron chi connectivity index (χ4n) is 2.49.